The predicted octanol–water partition coefficient (Wildman–Crippen LogP) is 0.0128. The Balaban J connectivity index is 2.45. The molecule has 0 unspecified atom stereocenters. The van der Waals surface area contributed by atoms with Gasteiger partial charge in [0.05, 0.1) is 6.54 Å². The van der Waals surface area contributed by atoms with E-state index >= 15 is 0 Å². The first-order chi connectivity index (χ1) is 2.89. The minimum absolute atomic E-state index is 0.861. The molecule has 1 radical (unpaired) electrons. The molecule has 0 amide bonds. The third kappa shape index (κ3) is 0.518. The van der Waals surface area contributed by atoms with E-state index in [-0.39, 0.29) is 0 Å². The third-order valence-corrected chi connectivity index (χ3v) is 0.731. The van der Waals surface area contributed by atoms with Crippen molar-refractivity contribution in [3.05, 3.63) is 11.8 Å². The van der Waals surface area contributed by atoms with Crippen LogP contribution in [-0.4, -0.2) is 6.54 Å². The molecule has 6 heavy (non-hydrogen) atoms. The summed E-state index contributed by atoms with van der Waals surface area (Å²) in [6.07, 6.45) is 1.90. The van der Waals surface area contributed by atoms with Crippen molar-refractivity contribution in [1.82, 2.24) is 10.9 Å². The van der Waals surface area contributed by atoms with E-state index in [4.69, 9.17) is 0 Å². The molecular formula is C4H7N2. The Morgan fingerprint density at radius 3 is 3.00 bits per heavy atom. The van der Waals surface area contributed by atoms with Gasteiger partial charge in [0, 0.05) is 6.20 Å². The molecule has 1 N–H and O–H groups in total. The maximum atomic E-state index is 3.82. The highest BCUT2D eigenvalue weighted by molar-refractivity contribution is 5.01. The highest BCUT2D eigenvalue weighted by Crippen LogP contribution is 1.90. The van der Waals surface area contributed by atoms with Gasteiger partial charge in [0.15, 0.2) is 0 Å². The summed E-state index contributed by atoms with van der Waals surface area (Å²) in [6, 6.07) is 0. The van der Waals surface area contributed by atoms with Crippen molar-refractivity contribution in [2.75, 3.05) is 6.54 Å². The lowest BCUT2D eigenvalue weighted by molar-refractivity contribution is 0.704. The molecule has 0 aromatic rings. The summed E-state index contributed by atoms with van der Waals surface area (Å²) >= 11 is 0. The standard InChI is InChI=1S/C4H7N2/c1-4-2-5-6-3-4/h2,5H,3H2,1H3. The molecule has 0 spiro atoms. The number of nitrogens with zero attached hydrogens (tertiary/aromatic N) is 1. The molecule has 2 nitrogen and oxygen atoms in total. The fraction of sp³-hybridized carbons (Fsp3) is 0.500. The molecule has 0 fully saturated rings. The van der Waals surface area contributed by atoms with Crippen molar-refractivity contribution in [2.24, 2.45) is 0 Å². The maximum Gasteiger partial charge on any atom is 0.0583 e. The number of hydrogen-bond donors (Lipinski definition) is 1. The lowest BCUT2D eigenvalue weighted by atomic mass is 10.4. The van der Waals surface area contributed by atoms with Crippen LogP contribution in [0.25, 0.3) is 0 Å². The number of rotatable bonds is 0. The minimum atomic E-state index is 0.861. The highest BCUT2D eigenvalue weighted by Gasteiger charge is 1.93. The molecule has 0 aliphatic carbocycles. The van der Waals surface area contributed by atoms with Crippen LogP contribution in [0.4, 0.5) is 0 Å². The van der Waals surface area contributed by atoms with E-state index in [9.17, 15) is 0 Å². The Morgan fingerprint density at radius 1 is 2.00 bits per heavy atom. The van der Waals surface area contributed by atoms with Gasteiger partial charge < -0.3 is 5.43 Å². The second-order valence-corrected chi connectivity index (χ2v) is 1.44. The molecule has 0 saturated carbocycles. The number of hydrogen-bond acceptors (Lipinski definition) is 1. The molecule has 33 valence electrons. The second-order valence-electron chi connectivity index (χ2n) is 1.44. The van der Waals surface area contributed by atoms with Gasteiger partial charge in [-0.2, -0.15) is 0 Å². The molecule has 0 atom stereocenters. The van der Waals surface area contributed by atoms with Crippen LogP contribution in [0.1, 0.15) is 6.92 Å². The van der Waals surface area contributed by atoms with Crippen LogP contribution in [0.3, 0.4) is 0 Å². The van der Waals surface area contributed by atoms with Crippen LogP contribution in [0.5, 0.6) is 0 Å². The van der Waals surface area contributed by atoms with Gasteiger partial charge in [-0.1, -0.05) is 0 Å². The molecule has 1 aliphatic rings. The predicted molar refractivity (Wildman–Crippen MR) is 23.9 cm³/mol. The van der Waals surface area contributed by atoms with Gasteiger partial charge in [-0.3, -0.25) is 0 Å². The second kappa shape index (κ2) is 1.30. The molecule has 2 heteroatoms. The van der Waals surface area contributed by atoms with Gasteiger partial charge >= 0.3 is 0 Å². The van der Waals surface area contributed by atoms with E-state index in [1.54, 1.807) is 0 Å². The molecule has 0 bridgehead atoms. The summed E-state index contributed by atoms with van der Waals surface area (Å²) in [4.78, 5) is 0. The largest absolute Gasteiger partial charge is 0.311 e. The SMILES string of the molecule is CC1=CN[N]C1. The van der Waals surface area contributed by atoms with Crippen molar-refractivity contribution >= 4 is 0 Å². The van der Waals surface area contributed by atoms with E-state index in [0.717, 1.165) is 6.54 Å². The van der Waals surface area contributed by atoms with Crippen molar-refractivity contribution < 1.29 is 0 Å². The summed E-state index contributed by atoms with van der Waals surface area (Å²) in [6.45, 7) is 2.91. The van der Waals surface area contributed by atoms with Crippen LogP contribution >= 0.6 is 0 Å². The van der Waals surface area contributed by atoms with Gasteiger partial charge in [0.25, 0.3) is 0 Å². The van der Waals surface area contributed by atoms with Crippen LogP contribution in [0.2, 0.25) is 0 Å². The molecular weight excluding hydrogens is 76.1 g/mol. The average Bonchev–Trinajstić information content (AvgIpc) is 1.86. The van der Waals surface area contributed by atoms with Crippen LogP contribution in [0, 0.1) is 0 Å². The van der Waals surface area contributed by atoms with E-state index in [1.807, 2.05) is 13.1 Å². The zero-order valence-electron chi connectivity index (χ0n) is 3.73. The van der Waals surface area contributed by atoms with Crippen LogP contribution in [-0.2, 0) is 0 Å². The summed E-state index contributed by atoms with van der Waals surface area (Å²) in [5, 5.41) is 0. The van der Waals surface area contributed by atoms with Crippen molar-refractivity contribution in [1.29, 1.82) is 0 Å². The fourth-order valence-corrected chi connectivity index (χ4v) is 0.372. The minimum Gasteiger partial charge on any atom is -0.311 e. The Kier molecular flexibility index (Phi) is 0.801. The van der Waals surface area contributed by atoms with Gasteiger partial charge in [-0.25, -0.2) is 0 Å². The van der Waals surface area contributed by atoms with E-state index < -0.39 is 0 Å². The Hall–Kier alpha value is -0.500. The Bertz CT molecular complexity index is 75.6. The van der Waals surface area contributed by atoms with Crippen LogP contribution < -0.4 is 10.9 Å². The summed E-state index contributed by atoms with van der Waals surface area (Å²) in [5.41, 5.74) is 7.86. The monoisotopic (exact) mass is 83.1 g/mol. The van der Waals surface area contributed by atoms with Gasteiger partial charge in [0.1, 0.15) is 0 Å². The first-order valence-corrected chi connectivity index (χ1v) is 1.97. The zero-order valence-corrected chi connectivity index (χ0v) is 3.73. The maximum absolute atomic E-state index is 3.82. The lowest BCUT2D eigenvalue weighted by Gasteiger charge is -1.80. The number of nitrogens with one attached hydrogen (secondary N) is 1. The molecule has 0 aromatic carbocycles. The molecule has 1 heterocycles. The fourth-order valence-electron chi connectivity index (χ4n) is 0.372. The topological polar surface area (TPSA) is 26.1 Å². The summed E-state index contributed by atoms with van der Waals surface area (Å²) < 4.78 is 0. The molecule has 0 aromatic heterocycles. The van der Waals surface area contributed by atoms with Crippen LogP contribution in [0.15, 0.2) is 11.8 Å². The first-order valence-electron chi connectivity index (χ1n) is 1.97. The average molecular weight is 83.1 g/mol. The Morgan fingerprint density at radius 2 is 2.83 bits per heavy atom. The Labute approximate surface area is 37.2 Å². The van der Waals surface area contributed by atoms with Gasteiger partial charge in [-0.15, -0.1) is 5.43 Å². The van der Waals surface area contributed by atoms with Crippen molar-refractivity contribution in [3.8, 4) is 0 Å². The molecule has 1 rings (SSSR count). The zero-order chi connectivity index (χ0) is 4.41. The van der Waals surface area contributed by atoms with E-state index in [2.05, 4.69) is 10.9 Å². The van der Waals surface area contributed by atoms with Gasteiger partial charge in [0.2, 0.25) is 0 Å². The molecule has 0 saturated heterocycles. The summed E-state index contributed by atoms with van der Waals surface area (Å²) in [7, 11) is 0. The summed E-state index contributed by atoms with van der Waals surface area (Å²) in [5.74, 6) is 0. The first kappa shape index (κ1) is 3.68. The third-order valence-electron chi connectivity index (χ3n) is 0.731. The van der Waals surface area contributed by atoms with E-state index in [0.29, 0.717) is 0 Å². The van der Waals surface area contributed by atoms with E-state index in [1.165, 1.54) is 5.57 Å². The molecule has 1 aliphatic heterocycles. The normalized spacial score (nSPS) is 19.8. The highest BCUT2D eigenvalue weighted by atomic mass is 15.4. The quantitative estimate of drug-likeness (QED) is 0.438. The van der Waals surface area contributed by atoms with Crippen molar-refractivity contribution in [2.45, 2.75) is 6.92 Å². The van der Waals surface area contributed by atoms with Gasteiger partial charge in [-0.05, 0) is 12.5 Å². The lowest BCUT2D eigenvalue weighted by Crippen LogP contribution is -2.10. The van der Waals surface area contributed by atoms with Crippen molar-refractivity contribution in [3.63, 3.8) is 0 Å². The smallest absolute Gasteiger partial charge is 0.0583 e.